The third-order valence-corrected chi connectivity index (χ3v) is 4.74. The molecule has 7 heteroatoms. The van der Waals surface area contributed by atoms with Crippen molar-refractivity contribution in [1.29, 1.82) is 0 Å². The molecule has 0 radical (unpaired) electrons. The fourth-order valence-corrected chi connectivity index (χ4v) is 3.51. The van der Waals surface area contributed by atoms with E-state index in [1.165, 1.54) is 29.1 Å². The topological polar surface area (TPSA) is 84.4 Å². The minimum absolute atomic E-state index is 0.0490. The molecule has 0 bridgehead atoms. The molecular weight excluding hydrogens is 320 g/mol. The third-order valence-electron chi connectivity index (χ3n) is 4.74. The van der Waals surface area contributed by atoms with Crippen LogP contribution in [-0.2, 0) is 13.0 Å². The Balaban J connectivity index is 1.57. The smallest absolute Gasteiger partial charge is 0.306 e. The zero-order chi connectivity index (χ0) is 17.6. The Morgan fingerprint density at radius 2 is 2.08 bits per heavy atom. The summed E-state index contributed by atoms with van der Waals surface area (Å²) in [5.41, 5.74) is 1.27. The SMILES string of the molecule is O=[N+]([O-])c1cnn(CC(O)CN2CCCCC2Cc2ccccc2)c1. The Labute approximate surface area is 147 Å². The summed E-state index contributed by atoms with van der Waals surface area (Å²) in [5.74, 6) is 0. The van der Waals surface area contributed by atoms with Gasteiger partial charge in [0.2, 0.25) is 0 Å². The highest BCUT2D eigenvalue weighted by molar-refractivity contribution is 5.20. The number of likely N-dealkylation sites (tertiary alicyclic amines) is 1. The highest BCUT2D eigenvalue weighted by Crippen LogP contribution is 2.21. The molecule has 1 aliphatic heterocycles. The molecule has 0 amide bonds. The first kappa shape index (κ1) is 17.6. The minimum atomic E-state index is -0.601. The van der Waals surface area contributed by atoms with Crippen LogP contribution in [0, 0.1) is 10.1 Å². The van der Waals surface area contributed by atoms with E-state index in [1.54, 1.807) is 0 Å². The molecule has 2 unspecified atom stereocenters. The van der Waals surface area contributed by atoms with E-state index in [4.69, 9.17) is 0 Å². The molecule has 2 aromatic rings. The van der Waals surface area contributed by atoms with Crippen molar-refractivity contribution in [2.75, 3.05) is 13.1 Å². The van der Waals surface area contributed by atoms with Gasteiger partial charge in [-0.2, -0.15) is 5.10 Å². The van der Waals surface area contributed by atoms with Crippen molar-refractivity contribution in [3.05, 3.63) is 58.4 Å². The van der Waals surface area contributed by atoms with Gasteiger partial charge >= 0.3 is 5.69 Å². The van der Waals surface area contributed by atoms with Crippen LogP contribution >= 0.6 is 0 Å². The van der Waals surface area contributed by atoms with Crippen LogP contribution in [0.3, 0.4) is 0 Å². The van der Waals surface area contributed by atoms with Crippen LogP contribution in [0.4, 0.5) is 5.69 Å². The van der Waals surface area contributed by atoms with Gasteiger partial charge in [0.15, 0.2) is 0 Å². The number of piperidine rings is 1. The summed E-state index contributed by atoms with van der Waals surface area (Å²) in [4.78, 5) is 12.6. The number of nitro groups is 1. The first-order valence-corrected chi connectivity index (χ1v) is 8.74. The number of hydrogen-bond donors (Lipinski definition) is 1. The maximum Gasteiger partial charge on any atom is 0.306 e. The molecule has 1 fully saturated rings. The van der Waals surface area contributed by atoms with Gasteiger partial charge in [-0.15, -0.1) is 0 Å². The lowest BCUT2D eigenvalue weighted by Gasteiger charge is -2.37. The molecule has 1 aromatic carbocycles. The molecule has 1 N–H and O–H groups in total. The van der Waals surface area contributed by atoms with Gasteiger partial charge in [0.1, 0.15) is 12.4 Å². The molecule has 0 aliphatic carbocycles. The van der Waals surface area contributed by atoms with Gasteiger partial charge in [0.05, 0.1) is 17.6 Å². The lowest BCUT2D eigenvalue weighted by molar-refractivity contribution is -0.385. The second-order valence-electron chi connectivity index (χ2n) is 6.67. The normalized spacial score (nSPS) is 19.6. The van der Waals surface area contributed by atoms with Crippen LogP contribution in [0.25, 0.3) is 0 Å². The summed E-state index contributed by atoms with van der Waals surface area (Å²) in [5, 5.41) is 25.1. The van der Waals surface area contributed by atoms with Gasteiger partial charge < -0.3 is 5.11 Å². The Hall–Kier alpha value is -2.25. The van der Waals surface area contributed by atoms with Crippen LogP contribution in [0.2, 0.25) is 0 Å². The molecular formula is C18H24N4O3. The Morgan fingerprint density at radius 3 is 2.80 bits per heavy atom. The molecule has 0 spiro atoms. The Kier molecular flexibility index (Phi) is 5.78. The lowest BCUT2D eigenvalue weighted by Crippen LogP contribution is -2.45. The second kappa shape index (κ2) is 8.22. The number of rotatable bonds is 7. The van der Waals surface area contributed by atoms with Crippen LogP contribution in [-0.4, -0.2) is 49.9 Å². The van der Waals surface area contributed by atoms with E-state index in [0.717, 1.165) is 25.8 Å². The van der Waals surface area contributed by atoms with E-state index in [0.29, 0.717) is 12.6 Å². The van der Waals surface area contributed by atoms with Crippen LogP contribution in [0.5, 0.6) is 0 Å². The average molecular weight is 344 g/mol. The zero-order valence-electron chi connectivity index (χ0n) is 14.2. The quantitative estimate of drug-likeness (QED) is 0.615. The fourth-order valence-electron chi connectivity index (χ4n) is 3.51. The summed E-state index contributed by atoms with van der Waals surface area (Å²) in [6.45, 7) is 1.81. The number of benzene rings is 1. The summed E-state index contributed by atoms with van der Waals surface area (Å²) in [6, 6.07) is 10.9. The van der Waals surface area contributed by atoms with Crippen molar-refractivity contribution < 1.29 is 10.0 Å². The minimum Gasteiger partial charge on any atom is -0.390 e. The summed E-state index contributed by atoms with van der Waals surface area (Å²) < 4.78 is 1.44. The van der Waals surface area contributed by atoms with Crippen molar-refractivity contribution in [3.63, 3.8) is 0 Å². The van der Waals surface area contributed by atoms with E-state index in [-0.39, 0.29) is 12.2 Å². The zero-order valence-corrected chi connectivity index (χ0v) is 14.2. The van der Waals surface area contributed by atoms with Crippen molar-refractivity contribution in [2.45, 2.75) is 44.4 Å². The molecule has 1 aromatic heterocycles. The number of aliphatic hydroxyl groups excluding tert-OH is 1. The molecule has 7 nitrogen and oxygen atoms in total. The third kappa shape index (κ3) is 4.87. The molecule has 1 aliphatic rings. The number of nitrogens with zero attached hydrogens (tertiary/aromatic N) is 4. The highest BCUT2D eigenvalue weighted by atomic mass is 16.6. The average Bonchev–Trinajstić information content (AvgIpc) is 3.06. The number of hydrogen-bond acceptors (Lipinski definition) is 5. The van der Waals surface area contributed by atoms with Crippen LogP contribution < -0.4 is 0 Å². The Morgan fingerprint density at radius 1 is 1.28 bits per heavy atom. The number of aromatic nitrogens is 2. The van der Waals surface area contributed by atoms with Crippen LogP contribution in [0.1, 0.15) is 24.8 Å². The molecule has 1 saturated heterocycles. The van der Waals surface area contributed by atoms with E-state index in [9.17, 15) is 15.2 Å². The van der Waals surface area contributed by atoms with Crippen molar-refractivity contribution in [2.24, 2.45) is 0 Å². The van der Waals surface area contributed by atoms with Gasteiger partial charge in [-0.3, -0.25) is 19.7 Å². The maximum atomic E-state index is 10.7. The summed E-state index contributed by atoms with van der Waals surface area (Å²) in [7, 11) is 0. The summed E-state index contributed by atoms with van der Waals surface area (Å²) in [6.07, 6.45) is 6.46. The van der Waals surface area contributed by atoms with Gasteiger partial charge in [0.25, 0.3) is 0 Å². The molecule has 134 valence electrons. The molecule has 2 heterocycles. The second-order valence-corrected chi connectivity index (χ2v) is 6.67. The van der Waals surface area contributed by atoms with Crippen molar-refractivity contribution >= 4 is 5.69 Å². The first-order valence-electron chi connectivity index (χ1n) is 8.74. The maximum absolute atomic E-state index is 10.7. The van der Waals surface area contributed by atoms with Gasteiger partial charge in [-0.25, -0.2) is 0 Å². The van der Waals surface area contributed by atoms with Gasteiger partial charge in [-0.1, -0.05) is 36.8 Å². The molecule has 25 heavy (non-hydrogen) atoms. The van der Waals surface area contributed by atoms with Crippen LogP contribution in [0.15, 0.2) is 42.7 Å². The predicted molar refractivity (Wildman–Crippen MR) is 94.2 cm³/mol. The van der Waals surface area contributed by atoms with Crippen molar-refractivity contribution in [3.8, 4) is 0 Å². The predicted octanol–water partition coefficient (Wildman–Crippen LogP) is 2.25. The summed E-state index contributed by atoms with van der Waals surface area (Å²) >= 11 is 0. The van der Waals surface area contributed by atoms with Crippen molar-refractivity contribution in [1.82, 2.24) is 14.7 Å². The molecule has 3 rings (SSSR count). The first-order chi connectivity index (χ1) is 12.1. The molecule has 2 atom stereocenters. The Bertz CT molecular complexity index is 689. The number of β-amino-alcohol motifs (C(OH)–C–C–N with tert-alkyl or cyclic N) is 1. The van der Waals surface area contributed by atoms with E-state index < -0.39 is 11.0 Å². The van der Waals surface area contributed by atoms with Gasteiger partial charge in [-0.05, 0) is 31.4 Å². The fraction of sp³-hybridized carbons (Fsp3) is 0.500. The largest absolute Gasteiger partial charge is 0.390 e. The standard InChI is InChI=1S/C18H24N4O3/c23-18(14-21-12-17(11-19-21)22(24)25)13-20-9-5-4-8-16(20)10-15-6-2-1-3-7-15/h1-3,6-7,11-12,16,18,23H,4-5,8-10,13-14H2. The monoisotopic (exact) mass is 344 g/mol. The van der Waals surface area contributed by atoms with E-state index >= 15 is 0 Å². The van der Waals surface area contributed by atoms with E-state index in [2.05, 4.69) is 34.3 Å². The molecule has 0 saturated carbocycles. The lowest BCUT2D eigenvalue weighted by atomic mass is 9.95. The number of aliphatic hydroxyl groups is 1. The van der Waals surface area contributed by atoms with E-state index in [1.807, 2.05) is 6.07 Å². The highest BCUT2D eigenvalue weighted by Gasteiger charge is 2.25. The van der Waals surface area contributed by atoms with Gasteiger partial charge in [0, 0.05) is 12.6 Å².